The first kappa shape index (κ1) is 8.68. The molecule has 1 aliphatic heterocycles. The summed E-state index contributed by atoms with van der Waals surface area (Å²) in [6.07, 6.45) is -0.958. The molecule has 0 aromatic carbocycles. The van der Waals surface area contributed by atoms with Gasteiger partial charge in [0.05, 0.1) is 11.8 Å². The van der Waals surface area contributed by atoms with Crippen LogP contribution < -0.4 is 0 Å². The number of H-pyrrole nitrogens is 1. The van der Waals surface area contributed by atoms with E-state index in [-0.39, 0.29) is 6.10 Å². The number of hydrogen-bond acceptors (Lipinski definition) is 4. The number of nitrogens with zero attached hydrogens (tertiary/aromatic N) is 1. The number of aromatic amines is 1. The van der Waals surface area contributed by atoms with E-state index in [0.717, 1.165) is 0 Å². The number of aliphatic hydroxyl groups excluding tert-OH is 2. The largest absolute Gasteiger partial charge is 0.388 e. The molecule has 5 nitrogen and oxygen atoms in total. The maximum Gasteiger partial charge on any atom is 0.128 e. The third-order valence-electron chi connectivity index (χ3n) is 2.33. The summed E-state index contributed by atoms with van der Waals surface area (Å²) in [5.41, 5.74) is 0.691. The van der Waals surface area contributed by atoms with E-state index >= 15 is 0 Å². The fraction of sp³-hybridized carbons (Fsp3) is 0.625. The van der Waals surface area contributed by atoms with Gasteiger partial charge < -0.3 is 14.9 Å². The summed E-state index contributed by atoms with van der Waals surface area (Å²) in [4.78, 5) is 0. The maximum absolute atomic E-state index is 9.58. The van der Waals surface area contributed by atoms with Crippen molar-refractivity contribution in [3.05, 3.63) is 18.0 Å². The Bertz CT molecular complexity index is 275. The van der Waals surface area contributed by atoms with Crippen molar-refractivity contribution in [3.8, 4) is 0 Å². The van der Waals surface area contributed by atoms with Gasteiger partial charge >= 0.3 is 0 Å². The van der Waals surface area contributed by atoms with Gasteiger partial charge in [0.15, 0.2) is 0 Å². The van der Waals surface area contributed by atoms with E-state index < -0.39 is 18.3 Å². The molecule has 0 radical (unpaired) electrons. The highest BCUT2D eigenvalue weighted by Gasteiger charge is 2.41. The van der Waals surface area contributed by atoms with Crippen molar-refractivity contribution >= 4 is 0 Å². The molecule has 4 unspecified atom stereocenters. The number of hydrogen-bond donors (Lipinski definition) is 3. The summed E-state index contributed by atoms with van der Waals surface area (Å²) in [6.45, 7) is 1.73. The number of ether oxygens (including phenoxy) is 1. The van der Waals surface area contributed by atoms with Gasteiger partial charge in [-0.3, -0.25) is 5.10 Å². The van der Waals surface area contributed by atoms with Gasteiger partial charge in [0, 0.05) is 6.20 Å². The maximum atomic E-state index is 9.58. The smallest absolute Gasteiger partial charge is 0.128 e. The van der Waals surface area contributed by atoms with E-state index in [0.29, 0.717) is 5.69 Å². The highest BCUT2D eigenvalue weighted by Crippen LogP contribution is 2.31. The Labute approximate surface area is 75.3 Å². The molecule has 0 bridgehead atoms. The molecule has 1 aromatic rings. The van der Waals surface area contributed by atoms with Crippen LogP contribution in [0.3, 0.4) is 0 Å². The fourth-order valence-corrected chi connectivity index (χ4v) is 1.53. The standard InChI is InChI=1S/C8H12N2O3/c1-4-6(11)7(12)8(13-4)5-2-3-9-10-5/h2-4,6-8,11-12H,1H3,(H,9,10). The SMILES string of the molecule is CC1OC(c2ccn[nH]2)C(O)C1O. The molecular formula is C8H12N2O3. The molecule has 1 aliphatic rings. The highest BCUT2D eigenvalue weighted by molar-refractivity contribution is 5.08. The van der Waals surface area contributed by atoms with Crippen molar-refractivity contribution < 1.29 is 14.9 Å². The quantitative estimate of drug-likeness (QED) is 0.554. The molecule has 4 atom stereocenters. The number of rotatable bonds is 1. The van der Waals surface area contributed by atoms with Crippen molar-refractivity contribution in [2.45, 2.75) is 31.3 Å². The van der Waals surface area contributed by atoms with E-state index in [1.807, 2.05) is 0 Å². The van der Waals surface area contributed by atoms with Gasteiger partial charge in [0.25, 0.3) is 0 Å². The predicted octanol–water partition coefficient (Wildman–Crippen LogP) is -0.409. The molecule has 0 spiro atoms. The zero-order valence-electron chi connectivity index (χ0n) is 7.21. The van der Waals surface area contributed by atoms with E-state index in [1.165, 1.54) is 0 Å². The Kier molecular flexibility index (Phi) is 2.07. The first-order valence-electron chi connectivity index (χ1n) is 4.21. The van der Waals surface area contributed by atoms with Crippen LogP contribution in [0.2, 0.25) is 0 Å². The summed E-state index contributed by atoms with van der Waals surface area (Å²) in [6, 6.07) is 1.72. The van der Waals surface area contributed by atoms with Crippen LogP contribution in [0.4, 0.5) is 0 Å². The minimum absolute atomic E-state index is 0.344. The van der Waals surface area contributed by atoms with Crippen LogP contribution in [-0.2, 0) is 4.74 Å². The molecule has 0 aliphatic carbocycles. The minimum Gasteiger partial charge on any atom is -0.388 e. The predicted molar refractivity (Wildman–Crippen MR) is 43.9 cm³/mol. The Hall–Kier alpha value is -0.910. The molecule has 3 N–H and O–H groups in total. The van der Waals surface area contributed by atoms with E-state index in [4.69, 9.17) is 4.74 Å². The molecule has 1 fully saturated rings. The van der Waals surface area contributed by atoms with Gasteiger partial charge in [-0.15, -0.1) is 0 Å². The molecule has 1 aromatic heterocycles. The van der Waals surface area contributed by atoms with Crippen LogP contribution in [0, 0.1) is 0 Å². The summed E-state index contributed by atoms with van der Waals surface area (Å²) >= 11 is 0. The average molecular weight is 184 g/mol. The van der Waals surface area contributed by atoms with E-state index in [1.54, 1.807) is 19.2 Å². The summed E-state index contributed by atoms with van der Waals surface area (Å²) in [7, 11) is 0. The molecule has 1 saturated heterocycles. The summed E-state index contributed by atoms with van der Waals surface area (Å²) < 4.78 is 5.36. The molecule has 0 saturated carbocycles. The van der Waals surface area contributed by atoms with Gasteiger partial charge in [0.2, 0.25) is 0 Å². The summed E-state index contributed by atoms with van der Waals surface area (Å²) in [5.74, 6) is 0. The molecule has 72 valence electrons. The van der Waals surface area contributed by atoms with Gasteiger partial charge in [-0.2, -0.15) is 5.10 Å². The molecule has 13 heavy (non-hydrogen) atoms. The Morgan fingerprint density at radius 2 is 2.23 bits per heavy atom. The minimum atomic E-state index is -0.879. The van der Waals surface area contributed by atoms with Gasteiger partial charge in [-0.1, -0.05) is 0 Å². The lowest BCUT2D eigenvalue weighted by Crippen LogP contribution is -2.28. The molecule has 2 rings (SSSR count). The van der Waals surface area contributed by atoms with Gasteiger partial charge in [-0.05, 0) is 13.0 Å². The van der Waals surface area contributed by atoms with Crippen LogP contribution in [0.5, 0.6) is 0 Å². The highest BCUT2D eigenvalue weighted by atomic mass is 16.5. The summed E-state index contributed by atoms with van der Waals surface area (Å²) in [5, 5.41) is 25.5. The average Bonchev–Trinajstić information content (AvgIpc) is 2.70. The van der Waals surface area contributed by atoms with Crippen molar-refractivity contribution in [1.29, 1.82) is 0 Å². The zero-order chi connectivity index (χ0) is 9.42. The third kappa shape index (κ3) is 1.35. The van der Waals surface area contributed by atoms with Crippen molar-refractivity contribution in [1.82, 2.24) is 10.2 Å². The first-order chi connectivity index (χ1) is 6.20. The molecule has 5 heteroatoms. The molecule has 0 amide bonds. The monoisotopic (exact) mass is 184 g/mol. The number of aromatic nitrogens is 2. The third-order valence-corrected chi connectivity index (χ3v) is 2.33. The Morgan fingerprint density at radius 1 is 1.46 bits per heavy atom. The lowest BCUT2D eigenvalue weighted by molar-refractivity contribution is 0.0125. The van der Waals surface area contributed by atoms with Crippen molar-refractivity contribution in [3.63, 3.8) is 0 Å². The second-order valence-electron chi connectivity index (χ2n) is 3.25. The normalized spacial score (nSPS) is 39.6. The van der Waals surface area contributed by atoms with Crippen LogP contribution >= 0.6 is 0 Å². The van der Waals surface area contributed by atoms with Gasteiger partial charge in [-0.25, -0.2) is 0 Å². The lowest BCUT2D eigenvalue weighted by Gasteiger charge is -2.11. The number of nitrogens with one attached hydrogen (secondary N) is 1. The topological polar surface area (TPSA) is 78.4 Å². The Balaban J connectivity index is 2.19. The molecular weight excluding hydrogens is 172 g/mol. The zero-order valence-corrected chi connectivity index (χ0v) is 7.21. The second-order valence-corrected chi connectivity index (χ2v) is 3.25. The molecule has 2 heterocycles. The van der Waals surface area contributed by atoms with Crippen molar-refractivity contribution in [2.75, 3.05) is 0 Å². The Morgan fingerprint density at radius 3 is 2.69 bits per heavy atom. The van der Waals surface area contributed by atoms with Crippen LogP contribution in [0.1, 0.15) is 18.7 Å². The van der Waals surface area contributed by atoms with Crippen molar-refractivity contribution in [2.24, 2.45) is 0 Å². The van der Waals surface area contributed by atoms with E-state index in [9.17, 15) is 10.2 Å². The first-order valence-corrected chi connectivity index (χ1v) is 4.21. The number of aliphatic hydroxyl groups is 2. The van der Waals surface area contributed by atoms with E-state index in [2.05, 4.69) is 10.2 Å². The second kappa shape index (κ2) is 3.10. The van der Waals surface area contributed by atoms with Crippen LogP contribution in [-0.4, -0.2) is 38.7 Å². The van der Waals surface area contributed by atoms with Gasteiger partial charge in [0.1, 0.15) is 18.3 Å². The van der Waals surface area contributed by atoms with Crippen LogP contribution in [0.25, 0.3) is 0 Å². The lowest BCUT2D eigenvalue weighted by atomic mass is 10.1. The fourth-order valence-electron chi connectivity index (χ4n) is 1.53. The van der Waals surface area contributed by atoms with Crippen LogP contribution in [0.15, 0.2) is 12.3 Å².